The maximum Gasteiger partial charge on any atom is 0.483 e. The van der Waals surface area contributed by atoms with E-state index in [2.05, 4.69) is 19.3 Å². The summed E-state index contributed by atoms with van der Waals surface area (Å²) >= 11 is 0. The van der Waals surface area contributed by atoms with Crippen LogP contribution >= 0.6 is 0 Å². The first-order chi connectivity index (χ1) is 9.34. The maximum absolute atomic E-state index is 13.1. The van der Waals surface area contributed by atoms with E-state index in [9.17, 15) is 17.4 Å². The molecule has 20 heavy (non-hydrogen) atoms. The molecule has 9 heteroatoms. The van der Waals surface area contributed by atoms with E-state index in [0.717, 1.165) is 12.1 Å². The molecule has 0 amide bonds. The number of hydrogen-bond acceptors (Lipinski definition) is 5. The molecular formula is C11H10F3N3O2S. The van der Waals surface area contributed by atoms with Crippen molar-refractivity contribution in [2.24, 2.45) is 4.36 Å². The van der Waals surface area contributed by atoms with Gasteiger partial charge in [0.05, 0.1) is 11.4 Å². The number of halogens is 3. The fraction of sp³-hybridized carbons (Fsp3) is 0.273. The monoisotopic (exact) mass is 305 g/mol. The quantitative estimate of drug-likeness (QED) is 0.874. The van der Waals surface area contributed by atoms with Crippen LogP contribution in [0.15, 0.2) is 44.2 Å². The Bertz CT molecular complexity index is 703. The van der Waals surface area contributed by atoms with Gasteiger partial charge < -0.3 is 0 Å². The Hall–Kier alpha value is -1.90. The second-order valence-corrected chi connectivity index (χ2v) is 6.11. The van der Waals surface area contributed by atoms with Gasteiger partial charge in [-0.2, -0.15) is 13.2 Å². The lowest BCUT2D eigenvalue weighted by atomic mass is 10.3. The molecule has 1 aromatic heterocycles. The highest BCUT2D eigenvalue weighted by molar-refractivity contribution is 7.94. The summed E-state index contributed by atoms with van der Waals surface area (Å²) in [5.41, 5.74) is -4.54. The van der Waals surface area contributed by atoms with Gasteiger partial charge in [0.1, 0.15) is 11.4 Å². The molecule has 0 bridgehead atoms. The first-order valence-corrected chi connectivity index (χ1v) is 6.98. The van der Waals surface area contributed by atoms with Gasteiger partial charge in [-0.1, -0.05) is 28.5 Å². The predicted octanol–water partition coefficient (Wildman–Crippen LogP) is 2.92. The second kappa shape index (κ2) is 5.23. The molecule has 2 rings (SSSR count). The zero-order chi connectivity index (χ0) is 14.8. The highest BCUT2D eigenvalue weighted by atomic mass is 32.2. The van der Waals surface area contributed by atoms with Crippen LogP contribution in [0.2, 0.25) is 0 Å². The van der Waals surface area contributed by atoms with E-state index in [1.54, 1.807) is 0 Å². The molecule has 0 spiro atoms. The van der Waals surface area contributed by atoms with Crippen molar-refractivity contribution in [1.29, 1.82) is 0 Å². The molecule has 0 aliphatic rings. The summed E-state index contributed by atoms with van der Waals surface area (Å²) in [6.07, 6.45) is 0. The first-order valence-electron chi connectivity index (χ1n) is 5.47. The number of aryl methyl sites for hydroxylation is 1. The topological polar surface area (TPSA) is 68.3 Å². The molecule has 0 aliphatic carbocycles. The van der Waals surface area contributed by atoms with Crippen LogP contribution in [0.4, 0.5) is 13.2 Å². The van der Waals surface area contributed by atoms with Crippen molar-refractivity contribution in [3.05, 3.63) is 41.7 Å². The molecule has 0 N–H and O–H groups in total. The Balaban J connectivity index is 2.49. The summed E-state index contributed by atoms with van der Waals surface area (Å²) in [7, 11) is -4.56. The molecule has 0 radical (unpaired) electrons. The van der Waals surface area contributed by atoms with E-state index in [4.69, 9.17) is 0 Å². The normalized spacial score (nSPS) is 14.8. The van der Waals surface area contributed by atoms with Gasteiger partial charge in [0, 0.05) is 0 Å². The lowest BCUT2D eigenvalue weighted by Gasteiger charge is -2.13. The Kier molecular flexibility index (Phi) is 3.80. The average Bonchev–Trinajstić information content (AvgIpc) is 2.81. The van der Waals surface area contributed by atoms with E-state index >= 15 is 0 Å². The van der Waals surface area contributed by atoms with Crippen LogP contribution in [0, 0.1) is 6.92 Å². The molecule has 1 heterocycles. The van der Waals surface area contributed by atoms with E-state index in [1.807, 2.05) is 0 Å². The van der Waals surface area contributed by atoms with Gasteiger partial charge in [0.15, 0.2) is 9.73 Å². The smallest absolute Gasteiger partial charge is 0.244 e. The Morgan fingerprint density at radius 1 is 1.25 bits per heavy atom. The Morgan fingerprint density at radius 3 is 2.40 bits per heavy atom. The van der Waals surface area contributed by atoms with Gasteiger partial charge >= 0.3 is 5.51 Å². The highest BCUT2D eigenvalue weighted by Gasteiger charge is 2.44. The van der Waals surface area contributed by atoms with Crippen molar-refractivity contribution in [1.82, 2.24) is 10.3 Å². The number of nitrogens with zero attached hydrogens (tertiary/aromatic N) is 3. The lowest BCUT2D eigenvalue weighted by molar-refractivity contribution is -0.0404. The van der Waals surface area contributed by atoms with Gasteiger partial charge in [0.2, 0.25) is 0 Å². The molecule has 0 fully saturated rings. The van der Waals surface area contributed by atoms with Crippen molar-refractivity contribution in [2.75, 3.05) is 0 Å². The van der Waals surface area contributed by atoms with Crippen LogP contribution in [0.3, 0.4) is 0 Å². The highest BCUT2D eigenvalue weighted by Crippen LogP contribution is 2.33. The second-order valence-electron chi connectivity index (χ2n) is 3.87. The number of alkyl halides is 3. The molecule has 0 aliphatic heterocycles. The zero-order valence-electron chi connectivity index (χ0n) is 10.3. The molecule has 5 nitrogen and oxygen atoms in total. The van der Waals surface area contributed by atoms with Gasteiger partial charge in [-0.25, -0.2) is 13.2 Å². The molecule has 0 saturated carbocycles. The fourth-order valence-corrected chi connectivity index (χ4v) is 2.82. The van der Waals surface area contributed by atoms with Crippen molar-refractivity contribution < 1.29 is 22.0 Å². The summed E-state index contributed by atoms with van der Waals surface area (Å²) in [5.74, 6) is 0. The van der Waals surface area contributed by atoms with E-state index < -0.39 is 21.8 Å². The van der Waals surface area contributed by atoms with Crippen molar-refractivity contribution in [3.63, 3.8) is 0 Å². The molecule has 2 aromatic rings. The molecular weight excluding hydrogens is 295 g/mol. The van der Waals surface area contributed by atoms with E-state index in [-0.39, 0.29) is 10.6 Å². The Labute approximate surface area is 112 Å². The van der Waals surface area contributed by atoms with Gasteiger partial charge in [-0.05, 0) is 19.1 Å². The van der Waals surface area contributed by atoms with Crippen molar-refractivity contribution in [2.45, 2.75) is 23.9 Å². The average molecular weight is 305 g/mol. The third kappa shape index (κ3) is 2.67. The van der Waals surface area contributed by atoms with Gasteiger partial charge in [-0.3, -0.25) is 0 Å². The van der Waals surface area contributed by atoms with E-state index in [1.165, 1.54) is 25.1 Å². The summed E-state index contributed by atoms with van der Waals surface area (Å²) in [6.45, 7) is 1.03. The summed E-state index contributed by atoms with van der Waals surface area (Å²) < 4.78 is 59.2. The van der Waals surface area contributed by atoms with Gasteiger partial charge in [-0.15, -0.1) is 0 Å². The number of rotatable bonds is 3. The largest absolute Gasteiger partial charge is 0.483 e. The zero-order valence-corrected chi connectivity index (χ0v) is 11.1. The summed E-state index contributed by atoms with van der Waals surface area (Å²) in [6, 6.07) is 6.55. The summed E-state index contributed by atoms with van der Waals surface area (Å²) in [4.78, 5) is -0.387. The van der Waals surface area contributed by atoms with Gasteiger partial charge in [0.25, 0.3) is 0 Å². The standard InChI is InChI=1S/C11H10F3N3O2S/c1-8-10(17-19-16-8)7-15-20(18,11(12,13)14)9-5-3-2-4-6-9/h2-6H,7H2,1H3. The predicted molar refractivity (Wildman–Crippen MR) is 64.1 cm³/mol. The molecule has 1 aromatic carbocycles. The summed E-state index contributed by atoms with van der Waals surface area (Å²) in [5, 5.41) is 6.85. The minimum Gasteiger partial charge on any atom is -0.244 e. The van der Waals surface area contributed by atoms with E-state index in [0.29, 0.717) is 5.69 Å². The lowest BCUT2D eigenvalue weighted by Crippen LogP contribution is -2.23. The minimum atomic E-state index is -4.97. The van der Waals surface area contributed by atoms with Crippen LogP contribution in [-0.2, 0) is 16.3 Å². The Morgan fingerprint density at radius 2 is 1.90 bits per heavy atom. The number of hydrogen-bond donors (Lipinski definition) is 0. The fourth-order valence-electron chi connectivity index (χ4n) is 1.43. The maximum atomic E-state index is 13.1. The number of aromatic nitrogens is 2. The van der Waals surface area contributed by atoms with Crippen molar-refractivity contribution >= 4 is 9.73 Å². The number of benzene rings is 1. The van der Waals surface area contributed by atoms with Crippen LogP contribution in [0.25, 0.3) is 0 Å². The van der Waals surface area contributed by atoms with Crippen LogP contribution in [0.1, 0.15) is 11.4 Å². The molecule has 1 atom stereocenters. The molecule has 108 valence electrons. The third-order valence-electron chi connectivity index (χ3n) is 2.52. The van der Waals surface area contributed by atoms with Crippen LogP contribution in [0.5, 0.6) is 0 Å². The van der Waals surface area contributed by atoms with Crippen LogP contribution < -0.4 is 0 Å². The van der Waals surface area contributed by atoms with Crippen LogP contribution in [-0.4, -0.2) is 20.0 Å². The first kappa shape index (κ1) is 14.5. The SMILES string of the molecule is Cc1nonc1CN=S(=O)(c1ccccc1)C(F)(F)F. The minimum absolute atomic E-state index is 0.123. The van der Waals surface area contributed by atoms with Crippen molar-refractivity contribution in [3.8, 4) is 0 Å². The molecule has 0 saturated heterocycles. The molecule has 1 unspecified atom stereocenters. The third-order valence-corrected chi connectivity index (χ3v) is 4.55.